The monoisotopic (exact) mass is 470 g/mol. The lowest BCUT2D eigenvalue weighted by molar-refractivity contribution is -0.140. The van der Waals surface area contributed by atoms with Gasteiger partial charge in [-0.2, -0.15) is 17.5 Å². The molecule has 32 heavy (non-hydrogen) atoms. The van der Waals surface area contributed by atoms with Gasteiger partial charge in [0.25, 0.3) is 0 Å². The van der Waals surface area contributed by atoms with E-state index >= 15 is 0 Å². The van der Waals surface area contributed by atoms with Crippen LogP contribution in [0.25, 0.3) is 0 Å². The molecule has 1 heterocycles. The van der Waals surface area contributed by atoms with Crippen LogP contribution in [0.1, 0.15) is 50.5 Å². The average Bonchev–Trinajstić information content (AvgIpc) is 2.72. The lowest BCUT2D eigenvalue weighted by Crippen LogP contribution is -2.53. The van der Waals surface area contributed by atoms with Crippen LogP contribution in [0, 0.1) is 23.2 Å². The molecule has 1 aliphatic heterocycles. The first-order chi connectivity index (χ1) is 15.1. The predicted octanol–water partition coefficient (Wildman–Crippen LogP) is 4.14. The maximum atomic E-state index is 13.3. The van der Waals surface area contributed by atoms with Crippen LogP contribution in [0.3, 0.4) is 0 Å². The summed E-state index contributed by atoms with van der Waals surface area (Å²) >= 11 is 0. The van der Waals surface area contributed by atoms with Crippen molar-refractivity contribution >= 4 is 15.9 Å². The Hall–Kier alpha value is -1.61. The van der Waals surface area contributed by atoms with E-state index in [4.69, 9.17) is 0 Å². The molecule has 4 bridgehead atoms. The van der Waals surface area contributed by atoms with Crippen LogP contribution in [0.15, 0.2) is 29.2 Å². The molecule has 0 unspecified atom stereocenters. The summed E-state index contributed by atoms with van der Waals surface area (Å²) in [5, 5.41) is 0. The van der Waals surface area contributed by atoms with Crippen LogP contribution >= 0.6 is 0 Å². The van der Waals surface area contributed by atoms with Crippen molar-refractivity contribution in [2.45, 2.75) is 56.0 Å². The minimum absolute atomic E-state index is 0.0150. The molecule has 9 heteroatoms. The highest BCUT2D eigenvalue weighted by atomic mass is 32.2. The van der Waals surface area contributed by atoms with Gasteiger partial charge in [0.1, 0.15) is 0 Å². The number of rotatable bonds is 4. The summed E-state index contributed by atoms with van der Waals surface area (Å²) < 4.78 is 67.0. The highest BCUT2D eigenvalue weighted by Crippen LogP contribution is 2.61. The zero-order chi connectivity index (χ0) is 22.7. The molecule has 176 valence electrons. The topological polar surface area (TPSA) is 57.7 Å². The van der Waals surface area contributed by atoms with Gasteiger partial charge in [-0.3, -0.25) is 4.79 Å². The summed E-state index contributed by atoms with van der Waals surface area (Å²) in [4.78, 5) is 14.1. The van der Waals surface area contributed by atoms with Crippen LogP contribution in [0.2, 0.25) is 0 Å². The number of carbonyl (C=O) groups excluding carboxylic acids is 1. The summed E-state index contributed by atoms with van der Waals surface area (Å²) in [6, 6.07) is 4.27. The minimum atomic E-state index is -4.75. The molecule has 1 aromatic rings. The van der Waals surface area contributed by atoms with Crippen molar-refractivity contribution in [3.8, 4) is 0 Å². The fourth-order valence-electron chi connectivity index (χ4n) is 7.18. The number of hydrogen-bond donors (Lipinski definition) is 0. The third-order valence-corrected chi connectivity index (χ3v) is 10.0. The maximum Gasteiger partial charge on any atom is 0.417 e. The third-order valence-electron chi connectivity index (χ3n) is 8.09. The second kappa shape index (κ2) is 7.72. The van der Waals surface area contributed by atoms with E-state index in [1.54, 1.807) is 4.90 Å². The predicted molar refractivity (Wildman–Crippen MR) is 112 cm³/mol. The van der Waals surface area contributed by atoms with Gasteiger partial charge in [-0.25, -0.2) is 8.42 Å². The normalized spacial score (nSPS) is 33.0. The van der Waals surface area contributed by atoms with Gasteiger partial charge in [0.15, 0.2) is 0 Å². The number of amides is 1. The molecular formula is C23H29F3N2O3S. The molecule has 5 aliphatic rings. The number of carbonyl (C=O) groups is 1. The Morgan fingerprint density at radius 1 is 0.938 bits per heavy atom. The van der Waals surface area contributed by atoms with Gasteiger partial charge in [-0.1, -0.05) is 12.1 Å². The number of alkyl halides is 3. The van der Waals surface area contributed by atoms with Crippen LogP contribution in [-0.4, -0.2) is 49.7 Å². The zero-order valence-electron chi connectivity index (χ0n) is 18.0. The van der Waals surface area contributed by atoms with E-state index in [-0.39, 0.29) is 37.5 Å². The maximum absolute atomic E-state index is 13.3. The molecule has 6 rings (SSSR count). The Kier molecular flexibility index (Phi) is 5.36. The van der Waals surface area contributed by atoms with Crippen molar-refractivity contribution in [2.75, 3.05) is 26.2 Å². The largest absolute Gasteiger partial charge is 0.417 e. The first-order valence-corrected chi connectivity index (χ1v) is 12.9. The SMILES string of the molecule is O=C(CC12CC3CC(CC(C3)C1)C2)N1CCN(S(=O)(=O)c2ccccc2C(F)(F)F)CC1. The summed E-state index contributed by atoms with van der Waals surface area (Å²) in [6.45, 7) is 0.472. The fraction of sp³-hybridized carbons (Fsp3) is 0.696. The molecule has 4 saturated carbocycles. The lowest BCUT2D eigenvalue weighted by Gasteiger charge is -2.57. The Bertz CT molecular complexity index is 965. The average molecular weight is 471 g/mol. The molecule has 0 radical (unpaired) electrons. The first-order valence-electron chi connectivity index (χ1n) is 11.5. The quantitative estimate of drug-likeness (QED) is 0.665. The number of nitrogens with zero attached hydrogens (tertiary/aromatic N) is 2. The highest BCUT2D eigenvalue weighted by Gasteiger charge is 2.52. The van der Waals surface area contributed by atoms with Gasteiger partial charge in [0.2, 0.25) is 15.9 Å². The standard InChI is InChI=1S/C23H29F3N2O3S/c24-23(25,26)19-3-1-2-4-20(19)32(30,31)28-7-5-27(6-8-28)21(29)15-22-12-16-9-17(13-22)11-18(10-16)14-22/h1-4,16-18H,5-15H2. The Labute approximate surface area is 187 Å². The fourth-order valence-corrected chi connectivity index (χ4v) is 8.82. The van der Waals surface area contributed by atoms with Gasteiger partial charge < -0.3 is 4.90 Å². The van der Waals surface area contributed by atoms with Gasteiger partial charge in [0.05, 0.1) is 10.5 Å². The number of benzene rings is 1. The van der Waals surface area contributed by atoms with E-state index in [0.717, 1.165) is 53.5 Å². The van der Waals surface area contributed by atoms with Crippen molar-refractivity contribution in [2.24, 2.45) is 23.2 Å². The van der Waals surface area contributed by atoms with Crippen LogP contribution in [-0.2, 0) is 21.0 Å². The molecule has 5 fully saturated rings. The summed E-state index contributed by atoms with van der Waals surface area (Å²) in [5.41, 5.74) is -1.04. The van der Waals surface area contributed by atoms with E-state index in [2.05, 4.69) is 0 Å². The minimum Gasteiger partial charge on any atom is -0.340 e. The van der Waals surface area contributed by atoms with Crippen LogP contribution in [0.4, 0.5) is 13.2 Å². The van der Waals surface area contributed by atoms with Gasteiger partial charge in [-0.05, 0) is 73.8 Å². The molecule has 1 aromatic carbocycles. The van der Waals surface area contributed by atoms with E-state index < -0.39 is 26.7 Å². The smallest absolute Gasteiger partial charge is 0.340 e. The number of halogens is 3. The molecule has 0 N–H and O–H groups in total. The number of sulfonamides is 1. The van der Waals surface area contributed by atoms with Gasteiger partial charge in [-0.15, -0.1) is 0 Å². The van der Waals surface area contributed by atoms with Crippen molar-refractivity contribution in [1.29, 1.82) is 0 Å². The molecule has 0 aromatic heterocycles. The van der Waals surface area contributed by atoms with E-state index in [1.807, 2.05) is 0 Å². The van der Waals surface area contributed by atoms with Gasteiger partial charge >= 0.3 is 6.18 Å². The molecule has 5 nitrogen and oxygen atoms in total. The summed E-state index contributed by atoms with van der Waals surface area (Å²) in [7, 11) is -4.29. The van der Waals surface area contributed by atoms with Crippen molar-refractivity contribution in [1.82, 2.24) is 9.21 Å². The second-order valence-electron chi connectivity index (χ2n) is 10.4. The van der Waals surface area contributed by atoms with E-state index in [0.29, 0.717) is 6.42 Å². The van der Waals surface area contributed by atoms with E-state index in [1.165, 1.54) is 31.4 Å². The molecule has 4 aliphatic carbocycles. The highest BCUT2D eigenvalue weighted by molar-refractivity contribution is 7.89. The zero-order valence-corrected chi connectivity index (χ0v) is 18.8. The molecule has 0 atom stereocenters. The Morgan fingerprint density at radius 3 is 2.00 bits per heavy atom. The van der Waals surface area contributed by atoms with Crippen molar-refractivity contribution < 1.29 is 26.4 Å². The summed E-state index contributed by atoms with van der Waals surface area (Å²) in [5.74, 6) is 2.33. The number of piperazine rings is 1. The van der Waals surface area contributed by atoms with Crippen molar-refractivity contribution in [3.63, 3.8) is 0 Å². The molecule has 1 saturated heterocycles. The lowest BCUT2D eigenvalue weighted by atomic mass is 9.49. The second-order valence-corrected chi connectivity index (χ2v) is 12.3. The number of hydrogen-bond acceptors (Lipinski definition) is 3. The first kappa shape index (κ1) is 22.2. The third kappa shape index (κ3) is 3.95. The molecule has 1 amide bonds. The Balaban J connectivity index is 1.24. The molecular weight excluding hydrogens is 441 g/mol. The van der Waals surface area contributed by atoms with Gasteiger partial charge in [0, 0.05) is 32.6 Å². The van der Waals surface area contributed by atoms with Crippen LogP contribution in [0.5, 0.6) is 0 Å². The van der Waals surface area contributed by atoms with E-state index in [9.17, 15) is 26.4 Å². The van der Waals surface area contributed by atoms with Crippen LogP contribution < -0.4 is 0 Å². The Morgan fingerprint density at radius 2 is 1.47 bits per heavy atom. The summed E-state index contributed by atoms with van der Waals surface area (Å²) in [6.07, 6.45) is 3.10. The van der Waals surface area contributed by atoms with Crippen molar-refractivity contribution in [3.05, 3.63) is 29.8 Å². The molecule has 0 spiro atoms.